The standard InChI is InChI=1S/C19H21FN2O3S/c1-2-26(24,25)15-10-8-14(9-11-15)19(23)21-18-16(20)6-5-7-17(18)22-12-3-4-13-22/h5-11H,2-4,12-13H2,1H3,(H,21,23). The molecule has 0 radical (unpaired) electrons. The Morgan fingerprint density at radius 3 is 2.38 bits per heavy atom. The molecule has 0 bridgehead atoms. The highest BCUT2D eigenvalue weighted by molar-refractivity contribution is 7.91. The quantitative estimate of drug-likeness (QED) is 0.868. The lowest BCUT2D eigenvalue weighted by Crippen LogP contribution is -2.22. The number of nitrogens with zero attached hydrogens (tertiary/aromatic N) is 1. The van der Waals surface area contributed by atoms with E-state index < -0.39 is 21.6 Å². The Morgan fingerprint density at radius 1 is 1.12 bits per heavy atom. The fraction of sp³-hybridized carbons (Fsp3) is 0.316. The Hall–Kier alpha value is -2.41. The van der Waals surface area contributed by atoms with E-state index in [9.17, 15) is 17.6 Å². The number of anilines is 2. The fourth-order valence-electron chi connectivity index (χ4n) is 3.02. The normalized spacial score (nSPS) is 14.5. The van der Waals surface area contributed by atoms with Gasteiger partial charge in [0.2, 0.25) is 0 Å². The van der Waals surface area contributed by atoms with E-state index in [4.69, 9.17) is 0 Å². The number of hydrogen-bond acceptors (Lipinski definition) is 4. The molecule has 0 aliphatic carbocycles. The van der Waals surface area contributed by atoms with Gasteiger partial charge in [0.25, 0.3) is 5.91 Å². The summed E-state index contributed by atoms with van der Waals surface area (Å²) in [5.41, 5.74) is 1.10. The van der Waals surface area contributed by atoms with Crippen LogP contribution in [0.25, 0.3) is 0 Å². The Balaban J connectivity index is 1.84. The minimum Gasteiger partial charge on any atom is -0.370 e. The Bertz CT molecular complexity index is 905. The van der Waals surface area contributed by atoms with Gasteiger partial charge in [-0.25, -0.2) is 12.8 Å². The average Bonchev–Trinajstić information content (AvgIpc) is 3.18. The first kappa shape index (κ1) is 18.4. The van der Waals surface area contributed by atoms with E-state index in [0.29, 0.717) is 5.69 Å². The van der Waals surface area contributed by atoms with Gasteiger partial charge in [-0.1, -0.05) is 13.0 Å². The number of carbonyl (C=O) groups excluding carboxylic acids is 1. The molecule has 1 fully saturated rings. The maximum Gasteiger partial charge on any atom is 0.255 e. The maximum atomic E-state index is 14.3. The number of rotatable bonds is 5. The molecule has 1 aliphatic heterocycles. The van der Waals surface area contributed by atoms with Crippen molar-refractivity contribution < 1.29 is 17.6 Å². The fourth-order valence-corrected chi connectivity index (χ4v) is 3.91. The van der Waals surface area contributed by atoms with E-state index in [1.807, 2.05) is 0 Å². The van der Waals surface area contributed by atoms with Gasteiger partial charge in [0.05, 0.1) is 16.3 Å². The summed E-state index contributed by atoms with van der Waals surface area (Å²) in [5, 5.41) is 2.64. The SMILES string of the molecule is CCS(=O)(=O)c1ccc(C(=O)Nc2c(F)cccc2N2CCCC2)cc1. The molecule has 1 heterocycles. The third-order valence-corrected chi connectivity index (χ3v) is 6.28. The van der Waals surface area contributed by atoms with Gasteiger partial charge >= 0.3 is 0 Å². The van der Waals surface area contributed by atoms with Crippen molar-refractivity contribution in [2.24, 2.45) is 0 Å². The van der Waals surface area contributed by atoms with Crippen molar-refractivity contribution in [2.75, 3.05) is 29.1 Å². The Kier molecular flexibility index (Phi) is 5.27. The molecule has 0 spiro atoms. The molecule has 1 saturated heterocycles. The minimum atomic E-state index is -3.32. The molecular weight excluding hydrogens is 355 g/mol. The highest BCUT2D eigenvalue weighted by Gasteiger charge is 2.20. The molecule has 1 aliphatic rings. The second-order valence-electron chi connectivity index (χ2n) is 6.21. The zero-order chi connectivity index (χ0) is 18.7. The third kappa shape index (κ3) is 3.72. The number of sulfone groups is 1. The lowest BCUT2D eigenvalue weighted by atomic mass is 10.2. The molecule has 5 nitrogen and oxygen atoms in total. The molecule has 2 aromatic carbocycles. The molecule has 0 atom stereocenters. The predicted molar refractivity (Wildman–Crippen MR) is 100.0 cm³/mol. The van der Waals surface area contributed by atoms with Crippen molar-refractivity contribution in [3.05, 3.63) is 53.8 Å². The lowest BCUT2D eigenvalue weighted by Gasteiger charge is -2.22. The highest BCUT2D eigenvalue weighted by atomic mass is 32.2. The summed E-state index contributed by atoms with van der Waals surface area (Å²) < 4.78 is 38.0. The molecule has 0 unspecified atom stereocenters. The first-order chi connectivity index (χ1) is 12.4. The predicted octanol–water partition coefficient (Wildman–Crippen LogP) is 3.47. The monoisotopic (exact) mass is 376 g/mol. The third-order valence-electron chi connectivity index (χ3n) is 4.53. The van der Waals surface area contributed by atoms with Crippen molar-refractivity contribution in [1.29, 1.82) is 0 Å². The number of hydrogen-bond donors (Lipinski definition) is 1. The number of carbonyl (C=O) groups is 1. The maximum absolute atomic E-state index is 14.3. The van der Waals surface area contributed by atoms with Crippen LogP contribution in [-0.4, -0.2) is 33.2 Å². The molecule has 3 rings (SSSR count). The van der Waals surface area contributed by atoms with Crippen LogP contribution in [0.15, 0.2) is 47.4 Å². The van der Waals surface area contributed by atoms with Crippen molar-refractivity contribution in [3.8, 4) is 0 Å². The van der Waals surface area contributed by atoms with Crippen molar-refractivity contribution in [2.45, 2.75) is 24.7 Å². The summed E-state index contributed by atoms with van der Waals surface area (Å²) in [5.74, 6) is -0.976. The number of amides is 1. The van der Waals surface area contributed by atoms with Crippen LogP contribution in [0.2, 0.25) is 0 Å². The van der Waals surface area contributed by atoms with Crippen LogP contribution >= 0.6 is 0 Å². The second kappa shape index (κ2) is 7.45. The molecule has 2 aromatic rings. The van der Waals surface area contributed by atoms with Gasteiger partial charge in [0.15, 0.2) is 9.84 Å². The Morgan fingerprint density at radius 2 is 1.77 bits per heavy atom. The van der Waals surface area contributed by atoms with Crippen LogP contribution in [-0.2, 0) is 9.84 Å². The summed E-state index contributed by atoms with van der Waals surface area (Å²) in [6, 6.07) is 10.4. The van der Waals surface area contributed by atoms with Crippen molar-refractivity contribution in [3.63, 3.8) is 0 Å². The number of halogens is 1. The molecule has 0 aromatic heterocycles. The van der Waals surface area contributed by atoms with Crippen molar-refractivity contribution in [1.82, 2.24) is 0 Å². The molecular formula is C19H21FN2O3S. The largest absolute Gasteiger partial charge is 0.370 e. The smallest absolute Gasteiger partial charge is 0.255 e. The summed E-state index contributed by atoms with van der Waals surface area (Å²) in [6.07, 6.45) is 2.08. The van der Waals surface area contributed by atoms with E-state index in [1.54, 1.807) is 19.1 Å². The number of benzene rings is 2. The second-order valence-corrected chi connectivity index (χ2v) is 8.49. The van der Waals surface area contributed by atoms with E-state index in [2.05, 4.69) is 10.2 Å². The first-order valence-electron chi connectivity index (χ1n) is 8.60. The van der Waals surface area contributed by atoms with Crippen LogP contribution in [0.4, 0.5) is 15.8 Å². The van der Waals surface area contributed by atoms with Gasteiger partial charge in [0.1, 0.15) is 11.5 Å². The molecule has 7 heteroatoms. The van der Waals surface area contributed by atoms with Gasteiger partial charge in [0, 0.05) is 18.7 Å². The van der Waals surface area contributed by atoms with Gasteiger partial charge in [-0.15, -0.1) is 0 Å². The minimum absolute atomic E-state index is 0.00698. The summed E-state index contributed by atoms with van der Waals surface area (Å²) >= 11 is 0. The topological polar surface area (TPSA) is 66.5 Å². The molecule has 1 amide bonds. The highest BCUT2D eigenvalue weighted by Crippen LogP contribution is 2.31. The van der Waals surface area contributed by atoms with E-state index in [0.717, 1.165) is 25.9 Å². The summed E-state index contributed by atoms with van der Waals surface area (Å²) in [6.45, 7) is 3.22. The van der Waals surface area contributed by atoms with E-state index in [-0.39, 0.29) is 21.9 Å². The van der Waals surface area contributed by atoms with Gasteiger partial charge in [-0.3, -0.25) is 4.79 Å². The lowest BCUT2D eigenvalue weighted by molar-refractivity contribution is 0.102. The number of nitrogens with one attached hydrogen (secondary N) is 1. The van der Waals surface area contributed by atoms with Crippen LogP contribution in [0.3, 0.4) is 0 Å². The van der Waals surface area contributed by atoms with Crippen LogP contribution in [0.5, 0.6) is 0 Å². The first-order valence-corrected chi connectivity index (χ1v) is 10.3. The van der Waals surface area contributed by atoms with E-state index >= 15 is 0 Å². The summed E-state index contributed by atoms with van der Waals surface area (Å²) in [7, 11) is -3.32. The van der Waals surface area contributed by atoms with Crippen LogP contribution < -0.4 is 10.2 Å². The number of para-hydroxylation sites is 1. The zero-order valence-corrected chi connectivity index (χ0v) is 15.4. The van der Waals surface area contributed by atoms with Gasteiger partial charge in [-0.05, 0) is 49.2 Å². The molecule has 138 valence electrons. The van der Waals surface area contributed by atoms with Crippen LogP contribution in [0.1, 0.15) is 30.1 Å². The molecule has 1 N–H and O–H groups in total. The Labute approximate surface area is 152 Å². The molecule has 26 heavy (non-hydrogen) atoms. The van der Waals surface area contributed by atoms with E-state index in [1.165, 1.54) is 30.3 Å². The molecule has 0 saturated carbocycles. The van der Waals surface area contributed by atoms with Crippen LogP contribution in [0, 0.1) is 5.82 Å². The van der Waals surface area contributed by atoms with Gasteiger partial charge in [-0.2, -0.15) is 0 Å². The zero-order valence-electron chi connectivity index (χ0n) is 14.5. The van der Waals surface area contributed by atoms with Gasteiger partial charge < -0.3 is 10.2 Å². The average molecular weight is 376 g/mol. The van der Waals surface area contributed by atoms with Crippen molar-refractivity contribution >= 4 is 27.1 Å². The summed E-state index contributed by atoms with van der Waals surface area (Å²) in [4.78, 5) is 14.7.